The van der Waals surface area contributed by atoms with Crippen molar-refractivity contribution in [2.45, 2.75) is 25.9 Å². The maximum absolute atomic E-state index is 12.6. The summed E-state index contributed by atoms with van der Waals surface area (Å²) in [6.07, 6.45) is 2.17. The van der Waals surface area contributed by atoms with Crippen molar-refractivity contribution in [3.05, 3.63) is 59.2 Å². The first-order chi connectivity index (χ1) is 13.1. The molecule has 3 rings (SSSR count). The Bertz CT molecular complexity index is 827. The SMILES string of the molecule is COC(=O)c1ccc(C)c(NC(=O)c2cccc(OCC3CCCO3)c2)c1. The molecule has 27 heavy (non-hydrogen) atoms. The van der Waals surface area contributed by atoms with Gasteiger partial charge in [0.15, 0.2) is 0 Å². The summed E-state index contributed by atoms with van der Waals surface area (Å²) in [5.41, 5.74) is 2.27. The number of hydrogen-bond donors (Lipinski definition) is 1. The molecule has 0 aromatic heterocycles. The molecular weight excluding hydrogens is 346 g/mol. The molecule has 2 aromatic rings. The zero-order valence-corrected chi connectivity index (χ0v) is 15.5. The van der Waals surface area contributed by atoms with E-state index < -0.39 is 5.97 Å². The van der Waals surface area contributed by atoms with Crippen LogP contribution in [-0.2, 0) is 9.47 Å². The number of rotatable bonds is 6. The number of carbonyl (C=O) groups is 2. The van der Waals surface area contributed by atoms with Gasteiger partial charge < -0.3 is 19.5 Å². The maximum Gasteiger partial charge on any atom is 0.337 e. The van der Waals surface area contributed by atoms with Crippen molar-refractivity contribution in [1.29, 1.82) is 0 Å². The summed E-state index contributed by atoms with van der Waals surface area (Å²) >= 11 is 0. The number of methoxy groups -OCH3 is 1. The Morgan fingerprint density at radius 2 is 2.04 bits per heavy atom. The first-order valence-electron chi connectivity index (χ1n) is 8.91. The van der Waals surface area contributed by atoms with Crippen LogP contribution in [0.4, 0.5) is 5.69 Å². The fraction of sp³-hybridized carbons (Fsp3) is 0.333. The molecule has 1 atom stereocenters. The molecule has 1 N–H and O–H groups in total. The summed E-state index contributed by atoms with van der Waals surface area (Å²) in [4.78, 5) is 24.3. The second-order valence-corrected chi connectivity index (χ2v) is 6.45. The first kappa shape index (κ1) is 18.9. The first-order valence-corrected chi connectivity index (χ1v) is 8.91. The predicted octanol–water partition coefficient (Wildman–Crippen LogP) is 3.59. The molecule has 1 aliphatic rings. The van der Waals surface area contributed by atoms with Crippen LogP contribution >= 0.6 is 0 Å². The van der Waals surface area contributed by atoms with E-state index in [1.165, 1.54) is 7.11 Å². The van der Waals surface area contributed by atoms with Crippen molar-refractivity contribution in [3.63, 3.8) is 0 Å². The molecule has 1 heterocycles. The van der Waals surface area contributed by atoms with Crippen molar-refractivity contribution in [2.75, 3.05) is 25.6 Å². The lowest BCUT2D eigenvalue weighted by Crippen LogP contribution is -2.17. The predicted molar refractivity (Wildman–Crippen MR) is 101 cm³/mol. The molecule has 0 bridgehead atoms. The van der Waals surface area contributed by atoms with E-state index >= 15 is 0 Å². The van der Waals surface area contributed by atoms with E-state index in [4.69, 9.17) is 14.2 Å². The molecule has 1 unspecified atom stereocenters. The van der Waals surface area contributed by atoms with Gasteiger partial charge in [0.1, 0.15) is 12.4 Å². The number of hydrogen-bond acceptors (Lipinski definition) is 5. The Hall–Kier alpha value is -2.86. The second-order valence-electron chi connectivity index (χ2n) is 6.45. The van der Waals surface area contributed by atoms with Crippen LogP contribution in [0, 0.1) is 6.92 Å². The monoisotopic (exact) mass is 369 g/mol. The Labute approximate surface area is 158 Å². The highest BCUT2D eigenvalue weighted by Gasteiger charge is 2.17. The molecule has 6 nitrogen and oxygen atoms in total. The number of anilines is 1. The van der Waals surface area contributed by atoms with Crippen molar-refractivity contribution in [3.8, 4) is 5.75 Å². The fourth-order valence-electron chi connectivity index (χ4n) is 2.89. The summed E-state index contributed by atoms with van der Waals surface area (Å²) in [5.74, 6) is -0.101. The number of nitrogens with one attached hydrogen (secondary N) is 1. The van der Waals surface area contributed by atoms with Gasteiger partial charge in [0.05, 0.1) is 18.8 Å². The number of amides is 1. The highest BCUT2D eigenvalue weighted by molar-refractivity contribution is 6.05. The Morgan fingerprint density at radius 3 is 2.78 bits per heavy atom. The third-order valence-electron chi connectivity index (χ3n) is 4.46. The van der Waals surface area contributed by atoms with Gasteiger partial charge in [-0.2, -0.15) is 0 Å². The van der Waals surface area contributed by atoms with E-state index in [1.54, 1.807) is 36.4 Å². The smallest absolute Gasteiger partial charge is 0.337 e. The number of benzene rings is 2. The third-order valence-corrected chi connectivity index (χ3v) is 4.46. The van der Waals surface area contributed by atoms with Crippen LogP contribution in [-0.4, -0.2) is 38.3 Å². The minimum Gasteiger partial charge on any atom is -0.491 e. The molecule has 142 valence electrons. The normalized spacial score (nSPS) is 16.0. The molecule has 0 radical (unpaired) electrons. The van der Waals surface area contributed by atoms with Crippen LogP contribution in [0.1, 0.15) is 39.1 Å². The highest BCUT2D eigenvalue weighted by Crippen LogP contribution is 2.21. The molecule has 2 aromatic carbocycles. The molecule has 1 saturated heterocycles. The zero-order valence-electron chi connectivity index (χ0n) is 15.5. The van der Waals surface area contributed by atoms with Crippen LogP contribution in [0.3, 0.4) is 0 Å². The van der Waals surface area contributed by atoms with Gasteiger partial charge in [-0.05, 0) is 55.7 Å². The molecule has 0 spiro atoms. The Balaban J connectivity index is 1.69. The van der Waals surface area contributed by atoms with Crippen molar-refractivity contribution in [2.24, 2.45) is 0 Å². The molecular formula is C21H23NO5. The molecule has 0 saturated carbocycles. The van der Waals surface area contributed by atoms with Gasteiger partial charge in [0.2, 0.25) is 0 Å². The lowest BCUT2D eigenvalue weighted by atomic mass is 10.1. The van der Waals surface area contributed by atoms with Gasteiger partial charge in [-0.15, -0.1) is 0 Å². The van der Waals surface area contributed by atoms with Crippen molar-refractivity contribution in [1.82, 2.24) is 0 Å². The zero-order chi connectivity index (χ0) is 19.2. The maximum atomic E-state index is 12.6. The van der Waals surface area contributed by atoms with E-state index in [0.29, 0.717) is 29.2 Å². The molecule has 1 aliphatic heterocycles. The number of esters is 1. The number of carbonyl (C=O) groups excluding carboxylic acids is 2. The average Bonchev–Trinajstić information content (AvgIpc) is 3.21. The fourth-order valence-corrected chi connectivity index (χ4v) is 2.89. The van der Waals surface area contributed by atoms with Crippen LogP contribution in [0.5, 0.6) is 5.75 Å². The van der Waals surface area contributed by atoms with Crippen LogP contribution in [0.2, 0.25) is 0 Å². The van der Waals surface area contributed by atoms with E-state index in [0.717, 1.165) is 25.0 Å². The van der Waals surface area contributed by atoms with Crippen LogP contribution in [0.25, 0.3) is 0 Å². The summed E-state index contributed by atoms with van der Waals surface area (Å²) in [7, 11) is 1.32. The van der Waals surface area contributed by atoms with E-state index in [1.807, 2.05) is 13.0 Å². The largest absolute Gasteiger partial charge is 0.491 e. The van der Waals surface area contributed by atoms with Gasteiger partial charge in [-0.25, -0.2) is 4.79 Å². The number of aryl methyl sites for hydroxylation is 1. The van der Waals surface area contributed by atoms with Gasteiger partial charge in [-0.3, -0.25) is 4.79 Å². The van der Waals surface area contributed by atoms with Gasteiger partial charge >= 0.3 is 5.97 Å². The standard InChI is InChI=1S/C21H23NO5/c1-14-8-9-16(21(24)25-2)12-19(14)22-20(23)15-5-3-6-17(11-15)27-13-18-7-4-10-26-18/h3,5-6,8-9,11-12,18H,4,7,10,13H2,1-2H3,(H,22,23). The average molecular weight is 369 g/mol. The Morgan fingerprint density at radius 1 is 1.19 bits per heavy atom. The molecule has 1 fully saturated rings. The molecule has 1 amide bonds. The van der Waals surface area contributed by atoms with Crippen LogP contribution < -0.4 is 10.1 Å². The number of ether oxygens (including phenoxy) is 3. The second kappa shape index (κ2) is 8.68. The summed E-state index contributed by atoms with van der Waals surface area (Å²) in [6, 6.07) is 12.0. The van der Waals surface area contributed by atoms with E-state index in [2.05, 4.69) is 5.32 Å². The molecule has 6 heteroatoms. The summed E-state index contributed by atoms with van der Waals surface area (Å²) in [5, 5.41) is 2.84. The van der Waals surface area contributed by atoms with Gasteiger partial charge in [0.25, 0.3) is 5.91 Å². The van der Waals surface area contributed by atoms with Gasteiger partial charge in [-0.1, -0.05) is 12.1 Å². The lowest BCUT2D eigenvalue weighted by Gasteiger charge is -2.13. The quantitative estimate of drug-likeness (QED) is 0.788. The molecule has 0 aliphatic carbocycles. The van der Waals surface area contributed by atoms with Gasteiger partial charge in [0, 0.05) is 17.9 Å². The van der Waals surface area contributed by atoms with E-state index in [-0.39, 0.29) is 12.0 Å². The Kier molecular flexibility index (Phi) is 6.08. The minimum absolute atomic E-state index is 0.117. The summed E-state index contributed by atoms with van der Waals surface area (Å²) < 4.78 is 16.0. The van der Waals surface area contributed by atoms with Crippen molar-refractivity contribution < 1.29 is 23.8 Å². The van der Waals surface area contributed by atoms with Crippen molar-refractivity contribution >= 4 is 17.6 Å². The topological polar surface area (TPSA) is 73.9 Å². The lowest BCUT2D eigenvalue weighted by molar-refractivity contribution is 0.0600. The highest BCUT2D eigenvalue weighted by atomic mass is 16.5. The summed E-state index contributed by atoms with van der Waals surface area (Å²) in [6.45, 7) is 3.11. The van der Waals surface area contributed by atoms with E-state index in [9.17, 15) is 9.59 Å². The minimum atomic E-state index is -0.449. The third kappa shape index (κ3) is 4.86. The van der Waals surface area contributed by atoms with Crippen LogP contribution in [0.15, 0.2) is 42.5 Å².